The minimum atomic E-state index is -0.155. The molecule has 70 valence electrons. The predicted octanol–water partition coefficient (Wildman–Crippen LogP) is 1.94. The van der Waals surface area contributed by atoms with Crippen molar-refractivity contribution in [1.29, 1.82) is 0 Å². The number of rotatable bonds is 3. The molecule has 0 spiro atoms. The highest BCUT2D eigenvalue weighted by molar-refractivity contribution is 8.00. The maximum Gasteiger partial charge on any atom is 0.236 e. The standard InChI is InChI=1S/C8H10N2OS2/c1-6(11)10-9-5-7-3-4-13-8(7)12-2/h3-5H,1-2H3,(H,10,11)/b9-5+. The molecule has 0 fully saturated rings. The third kappa shape index (κ3) is 3.20. The number of nitrogens with zero attached hydrogens (tertiary/aromatic N) is 1. The molecule has 0 radical (unpaired) electrons. The average molecular weight is 214 g/mol. The van der Waals surface area contributed by atoms with Gasteiger partial charge in [-0.2, -0.15) is 5.10 Å². The van der Waals surface area contributed by atoms with Gasteiger partial charge in [-0.15, -0.1) is 23.1 Å². The van der Waals surface area contributed by atoms with E-state index in [0.29, 0.717) is 0 Å². The Morgan fingerprint density at radius 1 is 1.77 bits per heavy atom. The van der Waals surface area contributed by atoms with Gasteiger partial charge < -0.3 is 0 Å². The zero-order valence-corrected chi connectivity index (χ0v) is 9.04. The predicted molar refractivity (Wildman–Crippen MR) is 57.5 cm³/mol. The van der Waals surface area contributed by atoms with Crippen molar-refractivity contribution in [3.63, 3.8) is 0 Å². The van der Waals surface area contributed by atoms with Gasteiger partial charge in [0.25, 0.3) is 0 Å². The molecule has 0 aromatic carbocycles. The van der Waals surface area contributed by atoms with E-state index >= 15 is 0 Å². The lowest BCUT2D eigenvalue weighted by Crippen LogP contribution is -2.12. The smallest absolute Gasteiger partial charge is 0.236 e. The van der Waals surface area contributed by atoms with Crippen LogP contribution in [0.5, 0.6) is 0 Å². The van der Waals surface area contributed by atoms with Crippen LogP contribution in [-0.2, 0) is 4.79 Å². The Morgan fingerprint density at radius 3 is 3.15 bits per heavy atom. The van der Waals surface area contributed by atoms with Crippen molar-refractivity contribution >= 4 is 35.2 Å². The number of hydrogen-bond donors (Lipinski definition) is 1. The zero-order valence-electron chi connectivity index (χ0n) is 7.40. The van der Waals surface area contributed by atoms with Gasteiger partial charge in [-0.05, 0) is 17.7 Å². The SMILES string of the molecule is CSc1sccc1/C=N/NC(C)=O. The molecule has 0 aliphatic rings. The molecule has 0 aliphatic carbocycles. The molecule has 13 heavy (non-hydrogen) atoms. The first-order valence-electron chi connectivity index (χ1n) is 3.65. The van der Waals surface area contributed by atoms with Crippen LogP contribution in [0.2, 0.25) is 0 Å². The minimum absolute atomic E-state index is 0.155. The molecule has 0 saturated heterocycles. The Kier molecular flexibility index (Phi) is 3.98. The summed E-state index contributed by atoms with van der Waals surface area (Å²) in [5, 5.41) is 5.79. The Morgan fingerprint density at radius 2 is 2.54 bits per heavy atom. The van der Waals surface area contributed by atoms with Gasteiger partial charge in [-0.1, -0.05) is 0 Å². The molecule has 5 heteroatoms. The molecule has 0 atom stereocenters. The fraction of sp³-hybridized carbons (Fsp3) is 0.250. The van der Waals surface area contributed by atoms with E-state index in [0.717, 1.165) is 5.56 Å². The van der Waals surface area contributed by atoms with Crippen molar-refractivity contribution in [2.24, 2.45) is 5.10 Å². The number of amides is 1. The third-order valence-corrected chi connectivity index (χ3v) is 3.39. The lowest BCUT2D eigenvalue weighted by molar-refractivity contribution is -0.118. The van der Waals surface area contributed by atoms with Crippen LogP contribution in [-0.4, -0.2) is 18.4 Å². The van der Waals surface area contributed by atoms with Crippen LogP contribution in [0.1, 0.15) is 12.5 Å². The van der Waals surface area contributed by atoms with Gasteiger partial charge in [-0.25, -0.2) is 5.43 Å². The first kappa shape index (κ1) is 10.3. The van der Waals surface area contributed by atoms with Crippen LogP contribution in [0.25, 0.3) is 0 Å². The molecule has 1 rings (SSSR count). The summed E-state index contributed by atoms with van der Waals surface area (Å²) in [6.45, 7) is 1.43. The largest absolute Gasteiger partial charge is 0.274 e. The van der Waals surface area contributed by atoms with E-state index in [9.17, 15) is 4.79 Å². The lowest BCUT2D eigenvalue weighted by atomic mass is 10.4. The molecule has 0 bridgehead atoms. The maximum absolute atomic E-state index is 10.5. The van der Waals surface area contributed by atoms with Crippen molar-refractivity contribution in [2.45, 2.75) is 11.1 Å². The molecule has 1 aromatic rings. The Hall–Kier alpha value is -0.810. The summed E-state index contributed by atoms with van der Waals surface area (Å²) in [6.07, 6.45) is 3.67. The van der Waals surface area contributed by atoms with E-state index < -0.39 is 0 Å². The van der Waals surface area contributed by atoms with E-state index in [2.05, 4.69) is 10.5 Å². The van der Waals surface area contributed by atoms with Crippen LogP contribution < -0.4 is 5.43 Å². The van der Waals surface area contributed by atoms with Crippen molar-refractivity contribution < 1.29 is 4.79 Å². The summed E-state index contributed by atoms with van der Waals surface area (Å²) in [7, 11) is 0. The quantitative estimate of drug-likeness (QED) is 0.474. The molecule has 0 aliphatic heterocycles. The fourth-order valence-electron chi connectivity index (χ4n) is 0.760. The van der Waals surface area contributed by atoms with Crippen molar-refractivity contribution in [3.8, 4) is 0 Å². The van der Waals surface area contributed by atoms with Crippen LogP contribution >= 0.6 is 23.1 Å². The lowest BCUT2D eigenvalue weighted by Gasteiger charge is -1.93. The summed E-state index contributed by atoms with van der Waals surface area (Å²) in [5.41, 5.74) is 3.41. The van der Waals surface area contributed by atoms with Crippen molar-refractivity contribution in [2.75, 3.05) is 6.26 Å². The average Bonchev–Trinajstić information content (AvgIpc) is 2.51. The molecule has 1 heterocycles. The highest BCUT2D eigenvalue weighted by atomic mass is 32.2. The molecule has 3 nitrogen and oxygen atoms in total. The highest BCUT2D eigenvalue weighted by Crippen LogP contribution is 2.24. The fourth-order valence-corrected chi connectivity index (χ4v) is 2.26. The van der Waals surface area contributed by atoms with Gasteiger partial charge in [0.05, 0.1) is 10.4 Å². The molecule has 1 N–H and O–H groups in total. The molecular weight excluding hydrogens is 204 g/mol. The summed E-state index contributed by atoms with van der Waals surface area (Å²) < 4.78 is 1.20. The van der Waals surface area contributed by atoms with E-state index in [-0.39, 0.29) is 5.91 Å². The molecular formula is C8H10N2OS2. The van der Waals surface area contributed by atoms with Gasteiger partial charge in [0, 0.05) is 12.5 Å². The molecule has 1 aromatic heterocycles. The van der Waals surface area contributed by atoms with Crippen LogP contribution in [0.15, 0.2) is 20.8 Å². The number of carbonyl (C=O) groups is 1. The van der Waals surface area contributed by atoms with Gasteiger partial charge in [0.1, 0.15) is 0 Å². The second-order valence-electron chi connectivity index (χ2n) is 2.29. The number of hydrogen-bond acceptors (Lipinski definition) is 4. The second kappa shape index (κ2) is 5.04. The van der Waals surface area contributed by atoms with Gasteiger partial charge in [0.2, 0.25) is 5.91 Å². The number of carbonyl (C=O) groups excluding carboxylic acids is 1. The monoisotopic (exact) mass is 214 g/mol. The Labute approximate surface area is 85.2 Å². The van der Waals surface area contributed by atoms with Gasteiger partial charge in [0.15, 0.2) is 0 Å². The van der Waals surface area contributed by atoms with Crippen LogP contribution in [0.4, 0.5) is 0 Å². The van der Waals surface area contributed by atoms with E-state index in [4.69, 9.17) is 0 Å². The summed E-state index contributed by atoms with van der Waals surface area (Å²) in [4.78, 5) is 10.5. The topological polar surface area (TPSA) is 41.5 Å². The van der Waals surface area contributed by atoms with Crippen molar-refractivity contribution in [1.82, 2.24) is 5.43 Å². The van der Waals surface area contributed by atoms with Gasteiger partial charge >= 0.3 is 0 Å². The van der Waals surface area contributed by atoms with Crippen molar-refractivity contribution in [3.05, 3.63) is 17.0 Å². The second-order valence-corrected chi connectivity index (χ2v) is 4.28. The molecule has 0 saturated carbocycles. The third-order valence-electron chi connectivity index (χ3n) is 1.27. The minimum Gasteiger partial charge on any atom is -0.274 e. The summed E-state index contributed by atoms with van der Waals surface area (Å²) in [6, 6.07) is 1.97. The van der Waals surface area contributed by atoms with E-state index in [1.165, 1.54) is 11.1 Å². The number of thiophene rings is 1. The Bertz CT molecular complexity index is 320. The Balaban J connectivity index is 2.62. The number of nitrogens with one attached hydrogen (secondary N) is 1. The highest BCUT2D eigenvalue weighted by Gasteiger charge is 1.98. The normalized spacial score (nSPS) is 10.6. The molecule has 0 unspecified atom stereocenters. The zero-order chi connectivity index (χ0) is 9.68. The molecule has 1 amide bonds. The first-order valence-corrected chi connectivity index (χ1v) is 5.75. The van der Waals surface area contributed by atoms with Crippen LogP contribution in [0, 0.1) is 0 Å². The number of hydrazone groups is 1. The van der Waals surface area contributed by atoms with E-state index in [1.807, 2.05) is 17.7 Å². The summed E-state index contributed by atoms with van der Waals surface area (Å²) >= 11 is 3.34. The van der Waals surface area contributed by atoms with E-state index in [1.54, 1.807) is 29.3 Å². The summed E-state index contributed by atoms with van der Waals surface area (Å²) in [5.74, 6) is -0.155. The maximum atomic E-state index is 10.5. The van der Waals surface area contributed by atoms with Crippen LogP contribution in [0.3, 0.4) is 0 Å². The first-order chi connectivity index (χ1) is 6.24. The number of thioether (sulfide) groups is 1. The van der Waals surface area contributed by atoms with Gasteiger partial charge in [-0.3, -0.25) is 4.79 Å².